The van der Waals surface area contributed by atoms with E-state index in [-0.39, 0.29) is 13.2 Å². The van der Waals surface area contributed by atoms with E-state index < -0.39 is 11.6 Å². The van der Waals surface area contributed by atoms with E-state index in [0.717, 1.165) is 19.3 Å². The van der Waals surface area contributed by atoms with Crippen molar-refractivity contribution in [3.05, 3.63) is 0 Å². The molecule has 1 heterocycles. The van der Waals surface area contributed by atoms with E-state index in [9.17, 15) is 4.79 Å². The zero-order chi connectivity index (χ0) is 11.7. The Morgan fingerprint density at radius 1 is 1.40 bits per heavy atom. The lowest BCUT2D eigenvalue weighted by Crippen LogP contribution is -2.36. The number of carboxylic acids is 1. The van der Waals surface area contributed by atoms with Gasteiger partial charge in [-0.3, -0.25) is 4.79 Å². The monoisotopic (exact) mass is 220 g/mol. The molecular formula is C10H20O5. The Bertz CT molecular complexity index is 169. The zero-order valence-electron chi connectivity index (χ0n) is 9.11. The van der Waals surface area contributed by atoms with E-state index in [1.165, 1.54) is 0 Å². The van der Waals surface area contributed by atoms with E-state index in [1.807, 2.05) is 6.92 Å². The van der Waals surface area contributed by atoms with Crippen LogP contribution in [0.15, 0.2) is 0 Å². The molecule has 15 heavy (non-hydrogen) atoms. The molecule has 0 atom stereocenters. The standard InChI is InChI=1S/C6H12O3.C4H8O2/c7-4-6(5-8)2-1-3-9-6;1-2-3-4(5)6/h7-8H,1-5H2;2-3H2,1H3,(H,5,6). The first kappa shape index (κ1) is 14.3. The summed E-state index contributed by atoms with van der Waals surface area (Å²) < 4.78 is 5.14. The molecule has 0 aliphatic carbocycles. The molecule has 1 saturated heterocycles. The van der Waals surface area contributed by atoms with E-state index in [4.69, 9.17) is 20.1 Å². The highest BCUT2D eigenvalue weighted by atomic mass is 16.5. The third kappa shape index (κ3) is 5.71. The second-order valence-electron chi connectivity index (χ2n) is 3.59. The average molecular weight is 220 g/mol. The van der Waals surface area contributed by atoms with Crippen LogP contribution < -0.4 is 0 Å². The van der Waals surface area contributed by atoms with Crippen LogP contribution in [0.25, 0.3) is 0 Å². The molecular weight excluding hydrogens is 200 g/mol. The van der Waals surface area contributed by atoms with Crippen molar-refractivity contribution < 1.29 is 24.9 Å². The number of aliphatic carboxylic acids is 1. The summed E-state index contributed by atoms with van der Waals surface area (Å²) in [6.07, 6.45) is 2.75. The first-order valence-electron chi connectivity index (χ1n) is 5.17. The minimum atomic E-state index is -0.711. The molecule has 1 fully saturated rings. The second-order valence-corrected chi connectivity index (χ2v) is 3.59. The molecule has 0 bridgehead atoms. The zero-order valence-corrected chi connectivity index (χ0v) is 9.11. The first-order chi connectivity index (χ1) is 7.10. The van der Waals surface area contributed by atoms with Crippen molar-refractivity contribution in [3.63, 3.8) is 0 Å². The highest BCUT2D eigenvalue weighted by Gasteiger charge is 2.33. The molecule has 1 rings (SSSR count). The first-order valence-corrected chi connectivity index (χ1v) is 5.17. The number of carboxylic acid groups (broad SMARTS) is 1. The number of carbonyl (C=O) groups is 1. The van der Waals surface area contributed by atoms with Crippen molar-refractivity contribution >= 4 is 5.97 Å². The van der Waals surface area contributed by atoms with Crippen LogP contribution in [0.3, 0.4) is 0 Å². The number of aliphatic hydroxyl groups is 2. The Morgan fingerprint density at radius 2 is 2.00 bits per heavy atom. The third-order valence-electron chi connectivity index (χ3n) is 2.23. The van der Waals surface area contributed by atoms with E-state index >= 15 is 0 Å². The Balaban J connectivity index is 0.000000288. The lowest BCUT2D eigenvalue weighted by Gasteiger charge is -2.22. The summed E-state index contributed by atoms with van der Waals surface area (Å²) in [7, 11) is 0. The van der Waals surface area contributed by atoms with Crippen molar-refractivity contribution in [1.29, 1.82) is 0 Å². The molecule has 90 valence electrons. The predicted octanol–water partition coefficient (Wildman–Crippen LogP) is 0.391. The van der Waals surface area contributed by atoms with E-state index in [2.05, 4.69) is 0 Å². The number of aliphatic hydroxyl groups excluding tert-OH is 2. The fourth-order valence-corrected chi connectivity index (χ4v) is 1.27. The molecule has 0 radical (unpaired) electrons. The molecule has 0 unspecified atom stereocenters. The van der Waals surface area contributed by atoms with Gasteiger partial charge in [0.1, 0.15) is 5.60 Å². The normalized spacial score (nSPS) is 18.1. The topological polar surface area (TPSA) is 87.0 Å². The van der Waals surface area contributed by atoms with Gasteiger partial charge in [-0.05, 0) is 19.3 Å². The van der Waals surface area contributed by atoms with Crippen LogP contribution in [0.2, 0.25) is 0 Å². The van der Waals surface area contributed by atoms with Gasteiger partial charge in [0, 0.05) is 13.0 Å². The highest BCUT2D eigenvalue weighted by molar-refractivity contribution is 5.66. The Labute approximate surface area is 89.7 Å². The van der Waals surface area contributed by atoms with Crippen molar-refractivity contribution in [2.75, 3.05) is 19.8 Å². The van der Waals surface area contributed by atoms with Gasteiger partial charge in [0.05, 0.1) is 13.2 Å². The smallest absolute Gasteiger partial charge is 0.303 e. The molecule has 0 saturated carbocycles. The maximum atomic E-state index is 9.60. The van der Waals surface area contributed by atoms with E-state index in [1.54, 1.807) is 0 Å². The van der Waals surface area contributed by atoms with Gasteiger partial charge in [0.2, 0.25) is 0 Å². The van der Waals surface area contributed by atoms with Crippen LogP contribution in [0, 0.1) is 0 Å². The van der Waals surface area contributed by atoms with Crippen LogP contribution in [-0.4, -0.2) is 46.7 Å². The fraction of sp³-hybridized carbons (Fsp3) is 0.900. The maximum Gasteiger partial charge on any atom is 0.303 e. The highest BCUT2D eigenvalue weighted by Crippen LogP contribution is 2.23. The van der Waals surface area contributed by atoms with Gasteiger partial charge in [-0.15, -0.1) is 0 Å². The summed E-state index contributed by atoms with van der Waals surface area (Å²) in [5.41, 5.74) is -0.611. The number of rotatable bonds is 4. The maximum absolute atomic E-state index is 9.60. The Kier molecular flexibility index (Phi) is 7.29. The summed E-state index contributed by atoms with van der Waals surface area (Å²) in [5.74, 6) is -0.711. The Hall–Kier alpha value is -0.650. The molecule has 5 heteroatoms. The van der Waals surface area contributed by atoms with Crippen LogP contribution in [0.4, 0.5) is 0 Å². The molecule has 1 aliphatic rings. The van der Waals surface area contributed by atoms with Crippen LogP contribution in [0.1, 0.15) is 32.6 Å². The molecule has 0 aromatic heterocycles. The number of hydrogen-bond acceptors (Lipinski definition) is 4. The van der Waals surface area contributed by atoms with Crippen molar-refractivity contribution in [2.45, 2.75) is 38.2 Å². The predicted molar refractivity (Wildman–Crippen MR) is 54.6 cm³/mol. The van der Waals surface area contributed by atoms with Gasteiger partial charge < -0.3 is 20.1 Å². The number of ether oxygens (including phenoxy) is 1. The molecule has 0 aromatic carbocycles. The third-order valence-corrected chi connectivity index (χ3v) is 2.23. The minimum Gasteiger partial charge on any atom is -0.481 e. The summed E-state index contributed by atoms with van der Waals surface area (Å²) in [6, 6.07) is 0. The van der Waals surface area contributed by atoms with Gasteiger partial charge in [0.15, 0.2) is 0 Å². The molecule has 0 amide bonds. The summed E-state index contributed by atoms with van der Waals surface area (Å²) in [5, 5.41) is 25.4. The van der Waals surface area contributed by atoms with Gasteiger partial charge >= 0.3 is 5.97 Å². The SMILES string of the molecule is CCCC(=O)O.OCC1(CO)CCCO1. The average Bonchev–Trinajstić information content (AvgIpc) is 2.67. The molecule has 5 nitrogen and oxygen atoms in total. The molecule has 3 N–H and O–H groups in total. The van der Waals surface area contributed by atoms with Crippen LogP contribution >= 0.6 is 0 Å². The van der Waals surface area contributed by atoms with Gasteiger partial charge in [0.25, 0.3) is 0 Å². The van der Waals surface area contributed by atoms with Crippen LogP contribution in [0.5, 0.6) is 0 Å². The molecule has 0 spiro atoms. The van der Waals surface area contributed by atoms with Crippen molar-refractivity contribution in [1.82, 2.24) is 0 Å². The van der Waals surface area contributed by atoms with Crippen molar-refractivity contribution in [3.8, 4) is 0 Å². The fourth-order valence-electron chi connectivity index (χ4n) is 1.27. The number of hydrogen-bond donors (Lipinski definition) is 3. The Morgan fingerprint density at radius 3 is 2.13 bits per heavy atom. The lowest BCUT2D eigenvalue weighted by molar-refractivity contribution is -0.137. The van der Waals surface area contributed by atoms with Gasteiger partial charge in [-0.1, -0.05) is 6.92 Å². The summed E-state index contributed by atoms with van der Waals surface area (Å²) >= 11 is 0. The minimum absolute atomic E-state index is 0.0660. The van der Waals surface area contributed by atoms with Crippen LogP contribution in [-0.2, 0) is 9.53 Å². The van der Waals surface area contributed by atoms with E-state index in [0.29, 0.717) is 13.0 Å². The summed E-state index contributed by atoms with van der Waals surface area (Å²) in [4.78, 5) is 9.60. The second kappa shape index (κ2) is 7.62. The molecule has 1 aliphatic heterocycles. The molecule has 0 aromatic rings. The van der Waals surface area contributed by atoms with Crippen molar-refractivity contribution in [2.24, 2.45) is 0 Å². The largest absolute Gasteiger partial charge is 0.481 e. The quantitative estimate of drug-likeness (QED) is 0.638. The van der Waals surface area contributed by atoms with Gasteiger partial charge in [-0.25, -0.2) is 0 Å². The lowest BCUT2D eigenvalue weighted by atomic mass is 10.0. The summed E-state index contributed by atoms with van der Waals surface area (Å²) in [6.45, 7) is 2.38. The van der Waals surface area contributed by atoms with Gasteiger partial charge in [-0.2, -0.15) is 0 Å².